The highest BCUT2D eigenvalue weighted by molar-refractivity contribution is 5.98. The van der Waals surface area contributed by atoms with Crippen molar-refractivity contribution in [2.45, 2.75) is 38.8 Å². The summed E-state index contributed by atoms with van der Waals surface area (Å²) in [6, 6.07) is 16.9. The summed E-state index contributed by atoms with van der Waals surface area (Å²) in [5.41, 5.74) is 2.19. The van der Waals surface area contributed by atoms with Crippen LogP contribution in [0.1, 0.15) is 48.7 Å². The minimum atomic E-state index is -0.397. The van der Waals surface area contributed by atoms with E-state index in [9.17, 15) is 9.59 Å². The number of carbonyl (C=O) groups excluding carboxylic acids is 2. The largest absolute Gasteiger partial charge is 0.368 e. The molecule has 5 nitrogen and oxygen atoms in total. The molecule has 1 aliphatic rings. The van der Waals surface area contributed by atoms with E-state index in [0.717, 1.165) is 18.4 Å². The van der Waals surface area contributed by atoms with E-state index in [1.807, 2.05) is 30.3 Å². The van der Waals surface area contributed by atoms with E-state index in [4.69, 9.17) is 4.74 Å². The van der Waals surface area contributed by atoms with Crippen LogP contribution in [0.4, 0.5) is 5.69 Å². The summed E-state index contributed by atoms with van der Waals surface area (Å²) >= 11 is 0. The third-order valence-electron chi connectivity index (χ3n) is 4.73. The van der Waals surface area contributed by atoms with Gasteiger partial charge in [0.05, 0.1) is 6.04 Å². The Labute approximate surface area is 160 Å². The smallest absolute Gasteiger partial charge is 0.253 e. The second kappa shape index (κ2) is 8.82. The van der Waals surface area contributed by atoms with E-state index in [2.05, 4.69) is 24.5 Å². The van der Waals surface area contributed by atoms with E-state index in [1.165, 1.54) is 0 Å². The molecule has 5 heteroatoms. The molecule has 27 heavy (non-hydrogen) atoms. The molecule has 3 rings (SSSR count). The lowest BCUT2D eigenvalue weighted by Crippen LogP contribution is -2.32. The molecule has 2 amide bonds. The van der Waals surface area contributed by atoms with E-state index in [0.29, 0.717) is 17.9 Å². The minimum absolute atomic E-state index is 0.0798. The normalized spacial score (nSPS) is 17.5. The van der Waals surface area contributed by atoms with Crippen LogP contribution in [0.2, 0.25) is 0 Å². The van der Waals surface area contributed by atoms with Crippen LogP contribution in [0.25, 0.3) is 0 Å². The molecule has 2 atom stereocenters. The van der Waals surface area contributed by atoms with Crippen molar-refractivity contribution in [3.05, 3.63) is 65.7 Å². The van der Waals surface area contributed by atoms with E-state index < -0.39 is 6.10 Å². The van der Waals surface area contributed by atoms with Crippen LogP contribution in [0.15, 0.2) is 54.6 Å². The maximum Gasteiger partial charge on any atom is 0.253 e. The van der Waals surface area contributed by atoms with Crippen molar-refractivity contribution >= 4 is 17.5 Å². The molecule has 0 radical (unpaired) electrons. The highest BCUT2D eigenvalue weighted by Gasteiger charge is 2.24. The van der Waals surface area contributed by atoms with Gasteiger partial charge in [0, 0.05) is 17.9 Å². The van der Waals surface area contributed by atoms with E-state index in [-0.39, 0.29) is 23.8 Å². The van der Waals surface area contributed by atoms with E-state index in [1.54, 1.807) is 24.3 Å². The zero-order valence-corrected chi connectivity index (χ0v) is 15.8. The number of ether oxygens (including phenoxy) is 1. The van der Waals surface area contributed by atoms with Crippen molar-refractivity contribution in [2.24, 2.45) is 5.92 Å². The number of anilines is 1. The number of amides is 2. The second-order valence-electron chi connectivity index (χ2n) is 7.18. The van der Waals surface area contributed by atoms with E-state index >= 15 is 0 Å². The highest BCUT2D eigenvalue weighted by Crippen LogP contribution is 2.22. The van der Waals surface area contributed by atoms with Gasteiger partial charge in [-0.3, -0.25) is 9.59 Å². The van der Waals surface area contributed by atoms with Gasteiger partial charge in [-0.05, 0) is 42.5 Å². The van der Waals surface area contributed by atoms with Crippen molar-refractivity contribution in [1.82, 2.24) is 5.32 Å². The first-order chi connectivity index (χ1) is 13.0. The van der Waals surface area contributed by atoms with Crippen molar-refractivity contribution < 1.29 is 14.3 Å². The lowest BCUT2D eigenvalue weighted by atomic mass is 9.95. The van der Waals surface area contributed by atoms with Gasteiger partial charge in [-0.2, -0.15) is 0 Å². The predicted molar refractivity (Wildman–Crippen MR) is 106 cm³/mol. The van der Waals surface area contributed by atoms with Gasteiger partial charge in [0.25, 0.3) is 11.8 Å². The molecule has 0 spiro atoms. The standard InChI is InChI=1S/C22H26N2O3/c1-15(2)20(16-8-4-3-5-9-16)24-21(25)17-10-6-11-18(14-17)23-22(26)19-12-7-13-27-19/h3-6,8-11,14-15,19-20H,7,12-13H2,1-2H3,(H,23,26)(H,24,25). The Kier molecular flexibility index (Phi) is 6.24. The quantitative estimate of drug-likeness (QED) is 0.814. The summed E-state index contributed by atoms with van der Waals surface area (Å²) in [6.07, 6.45) is 1.24. The fraction of sp³-hybridized carbons (Fsp3) is 0.364. The molecule has 0 aromatic heterocycles. The molecular weight excluding hydrogens is 340 g/mol. The number of hydrogen-bond donors (Lipinski definition) is 2. The molecular formula is C22H26N2O3. The van der Waals surface area contributed by atoms with Crippen LogP contribution < -0.4 is 10.6 Å². The Balaban J connectivity index is 1.70. The molecule has 142 valence electrons. The molecule has 0 aliphatic carbocycles. The highest BCUT2D eigenvalue weighted by atomic mass is 16.5. The zero-order chi connectivity index (χ0) is 19.2. The molecule has 2 N–H and O–H groups in total. The lowest BCUT2D eigenvalue weighted by Gasteiger charge is -2.23. The first kappa shape index (κ1) is 19.1. The van der Waals surface area contributed by atoms with Crippen molar-refractivity contribution in [2.75, 3.05) is 11.9 Å². The molecule has 2 aromatic rings. The Morgan fingerprint density at radius 2 is 1.85 bits per heavy atom. The summed E-state index contributed by atoms with van der Waals surface area (Å²) in [5.74, 6) is -0.0704. The maximum atomic E-state index is 12.8. The average Bonchev–Trinajstić information content (AvgIpc) is 3.21. The number of benzene rings is 2. The SMILES string of the molecule is CC(C)C(NC(=O)c1cccc(NC(=O)C2CCCO2)c1)c1ccccc1. The van der Waals surface area contributed by atoms with Crippen molar-refractivity contribution in [1.29, 1.82) is 0 Å². The topological polar surface area (TPSA) is 67.4 Å². The maximum absolute atomic E-state index is 12.8. The molecule has 1 aliphatic heterocycles. The lowest BCUT2D eigenvalue weighted by molar-refractivity contribution is -0.124. The van der Waals surface area contributed by atoms with Crippen LogP contribution in [0.5, 0.6) is 0 Å². The van der Waals surface area contributed by atoms with Gasteiger partial charge in [-0.25, -0.2) is 0 Å². The van der Waals surface area contributed by atoms with Crippen LogP contribution in [-0.2, 0) is 9.53 Å². The van der Waals surface area contributed by atoms with Crippen LogP contribution in [0, 0.1) is 5.92 Å². The minimum Gasteiger partial charge on any atom is -0.368 e. The predicted octanol–water partition coefficient (Wildman–Crippen LogP) is 3.93. The molecule has 0 saturated carbocycles. The molecule has 1 heterocycles. The monoisotopic (exact) mass is 366 g/mol. The fourth-order valence-electron chi connectivity index (χ4n) is 3.27. The molecule has 2 unspecified atom stereocenters. The molecule has 2 aromatic carbocycles. The average molecular weight is 366 g/mol. The summed E-state index contributed by atoms with van der Waals surface area (Å²) in [5, 5.41) is 5.95. The number of rotatable bonds is 6. The zero-order valence-electron chi connectivity index (χ0n) is 15.8. The Hall–Kier alpha value is -2.66. The Morgan fingerprint density at radius 1 is 1.07 bits per heavy atom. The first-order valence-corrected chi connectivity index (χ1v) is 9.43. The fourth-order valence-corrected chi connectivity index (χ4v) is 3.27. The van der Waals surface area contributed by atoms with Crippen molar-refractivity contribution in [3.8, 4) is 0 Å². The van der Waals surface area contributed by atoms with Crippen LogP contribution in [0.3, 0.4) is 0 Å². The summed E-state index contributed by atoms with van der Waals surface area (Å²) < 4.78 is 5.40. The Morgan fingerprint density at radius 3 is 2.52 bits per heavy atom. The molecule has 1 fully saturated rings. The summed E-state index contributed by atoms with van der Waals surface area (Å²) in [7, 11) is 0. The van der Waals surface area contributed by atoms with Crippen molar-refractivity contribution in [3.63, 3.8) is 0 Å². The van der Waals surface area contributed by atoms with Gasteiger partial charge >= 0.3 is 0 Å². The third kappa shape index (κ3) is 4.95. The van der Waals surface area contributed by atoms with Gasteiger partial charge in [0.1, 0.15) is 6.10 Å². The van der Waals surface area contributed by atoms with Gasteiger partial charge < -0.3 is 15.4 Å². The van der Waals surface area contributed by atoms with Crippen LogP contribution >= 0.6 is 0 Å². The second-order valence-corrected chi connectivity index (χ2v) is 7.18. The first-order valence-electron chi connectivity index (χ1n) is 9.43. The summed E-state index contributed by atoms with van der Waals surface area (Å²) in [4.78, 5) is 25.0. The van der Waals surface area contributed by atoms with Gasteiger partial charge in [-0.1, -0.05) is 50.2 Å². The van der Waals surface area contributed by atoms with Gasteiger partial charge in [0.2, 0.25) is 0 Å². The molecule has 0 bridgehead atoms. The third-order valence-corrected chi connectivity index (χ3v) is 4.73. The summed E-state index contributed by atoms with van der Waals surface area (Å²) in [6.45, 7) is 4.78. The van der Waals surface area contributed by atoms with Gasteiger partial charge in [0.15, 0.2) is 0 Å². The number of hydrogen-bond acceptors (Lipinski definition) is 3. The molecule has 1 saturated heterocycles. The van der Waals surface area contributed by atoms with Gasteiger partial charge in [-0.15, -0.1) is 0 Å². The number of nitrogens with one attached hydrogen (secondary N) is 2. The van der Waals surface area contributed by atoms with Crippen LogP contribution in [-0.4, -0.2) is 24.5 Å². The number of carbonyl (C=O) groups is 2. The Bertz CT molecular complexity index is 783.